The molecule has 3 aromatic rings. The predicted octanol–water partition coefficient (Wildman–Crippen LogP) is 6.01. The van der Waals surface area contributed by atoms with E-state index in [-0.39, 0.29) is 11.8 Å². The molecule has 0 fully saturated rings. The van der Waals surface area contributed by atoms with Gasteiger partial charge in [-0.15, -0.1) is 0 Å². The number of H-pyrrole nitrogens is 1. The number of halogens is 9. The topological polar surface area (TPSA) is 67.9 Å². The van der Waals surface area contributed by atoms with Crippen LogP contribution in [0.3, 0.4) is 0 Å². The summed E-state index contributed by atoms with van der Waals surface area (Å²) in [5.41, 5.74) is -5.41. The number of alkyl halides is 8. The molecular formula is C16H6ClF8N3O2S. The van der Waals surface area contributed by atoms with Crippen molar-refractivity contribution in [2.75, 3.05) is 0 Å². The highest BCUT2D eigenvalue weighted by molar-refractivity contribution is 7.03. The van der Waals surface area contributed by atoms with Gasteiger partial charge in [0.2, 0.25) is 5.75 Å². The third kappa shape index (κ3) is 4.49. The lowest BCUT2D eigenvalue weighted by atomic mass is 10.2. The Hall–Kier alpha value is -2.74. The fraction of sp³-hybridized carbons (Fsp3) is 0.188. The molecule has 15 heteroatoms. The van der Waals surface area contributed by atoms with Gasteiger partial charge in [-0.2, -0.15) is 39.5 Å². The zero-order valence-electron chi connectivity index (χ0n) is 14.4. The van der Waals surface area contributed by atoms with Crippen molar-refractivity contribution in [3.8, 4) is 23.0 Å². The third-order valence-corrected chi connectivity index (χ3v) is 4.56. The van der Waals surface area contributed by atoms with Crippen molar-refractivity contribution in [2.24, 2.45) is 0 Å². The number of hydrogen-bond acceptors (Lipinski definition) is 5. The number of nitrogens with zero attached hydrogens (tertiary/aromatic N) is 2. The zero-order valence-corrected chi connectivity index (χ0v) is 16.0. The second kappa shape index (κ2) is 7.75. The smallest absolute Gasteiger partial charge is 0.449 e. The van der Waals surface area contributed by atoms with Crippen LogP contribution in [0.2, 0.25) is 5.02 Å². The van der Waals surface area contributed by atoms with Crippen LogP contribution in [0, 0.1) is 0 Å². The minimum absolute atomic E-state index is 0.210. The number of aromatic amines is 1. The quantitative estimate of drug-likeness (QED) is 0.454. The summed E-state index contributed by atoms with van der Waals surface area (Å²) in [6.07, 6.45) is -11.2. The first-order valence-electron chi connectivity index (χ1n) is 7.76. The molecule has 5 nitrogen and oxygen atoms in total. The first-order valence-corrected chi connectivity index (χ1v) is 8.98. The van der Waals surface area contributed by atoms with E-state index in [0.29, 0.717) is 6.07 Å². The third-order valence-electron chi connectivity index (χ3n) is 3.67. The van der Waals surface area contributed by atoms with E-state index in [1.54, 1.807) is 0 Å². The lowest BCUT2D eigenvalue weighted by Crippen LogP contribution is -2.36. The van der Waals surface area contributed by atoms with Gasteiger partial charge in [0.05, 0.1) is 10.6 Å². The standard InChI is InChI=1S/C16H6ClF8N3O2S/c17-8-2-1-6(5-7(8)15(20,21)22)30-10-11(14(18,19)16(23,24)25)26-12(27-13(10)29)9-3-4-31-28-9/h1-5H,(H,26,27,29). The van der Waals surface area contributed by atoms with E-state index in [1.807, 2.05) is 4.98 Å². The summed E-state index contributed by atoms with van der Waals surface area (Å²) in [6.45, 7) is 0. The monoisotopic (exact) mass is 491 g/mol. The van der Waals surface area contributed by atoms with Crippen molar-refractivity contribution in [3.63, 3.8) is 0 Å². The van der Waals surface area contributed by atoms with E-state index < -0.39 is 57.4 Å². The molecule has 3 rings (SSSR count). The van der Waals surface area contributed by atoms with Gasteiger partial charge < -0.3 is 9.72 Å². The van der Waals surface area contributed by atoms with Gasteiger partial charge in [0.1, 0.15) is 11.4 Å². The predicted molar refractivity (Wildman–Crippen MR) is 92.4 cm³/mol. The van der Waals surface area contributed by atoms with Crippen molar-refractivity contribution in [2.45, 2.75) is 18.3 Å². The van der Waals surface area contributed by atoms with Crippen LogP contribution in [0.25, 0.3) is 11.5 Å². The van der Waals surface area contributed by atoms with Gasteiger partial charge in [-0.05, 0) is 35.8 Å². The van der Waals surface area contributed by atoms with Crippen LogP contribution in [-0.4, -0.2) is 20.5 Å². The van der Waals surface area contributed by atoms with E-state index in [2.05, 4.69) is 9.36 Å². The summed E-state index contributed by atoms with van der Waals surface area (Å²) < 4.78 is 115. The van der Waals surface area contributed by atoms with Crippen LogP contribution in [-0.2, 0) is 12.1 Å². The second-order valence-electron chi connectivity index (χ2n) is 5.79. The fourth-order valence-electron chi connectivity index (χ4n) is 2.26. The van der Waals surface area contributed by atoms with Crippen LogP contribution >= 0.6 is 23.1 Å². The van der Waals surface area contributed by atoms with E-state index in [9.17, 15) is 39.9 Å². The molecule has 166 valence electrons. The Morgan fingerprint density at radius 1 is 1.03 bits per heavy atom. The molecule has 31 heavy (non-hydrogen) atoms. The van der Waals surface area contributed by atoms with Gasteiger partial charge in [-0.25, -0.2) is 4.98 Å². The minimum atomic E-state index is -6.19. The van der Waals surface area contributed by atoms with Gasteiger partial charge in [0.25, 0.3) is 5.56 Å². The van der Waals surface area contributed by atoms with Crippen LogP contribution in [0.4, 0.5) is 35.1 Å². The lowest BCUT2D eigenvalue weighted by Gasteiger charge is -2.21. The second-order valence-corrected chi connectivity index (χ2v) is 6.86. The SMILES string of the molecule is O=c1[nH]c(-c2ccsn2)nc(C(F)(F)C(F)(F)F)c1Oc1ccc(Cl)c(C(F)(F)F)c1. The number of aromatic nitrogens is 3. The summed E-state index contributed by atoms with van der Waals surface area (Å²) in [7, 11) is 0. The summed E-state index contributed by atoms with van der Waals surface area (Å²) in [6, 6.07) is 2.85. The summed E-state index contributed by atoms with van der Waals surface area (Å²) >= 11 is 6.23. The van der Waals surface area contributed by atoms with Crippen LogP contribution < -0.4 is 10.3 Å². The molecule has 0 atom stereocenters. The average molecular weight is 492 g/mol. The Balaban J connectivity index is 2.20. The minimum Gasteiger partial charge on any atom is -0.449 e. The van der Waals surface area contributed by atoms with Crippen LogP contribution in [0.1, 0.15) is 11.3 Å². The average Bonchev–Trinajstić information content (AvgIpc) is 3.17. The van der Waals surface area contributed by atoms with E-state index >= 15 is 0 Å². The molecule has 0 saturated carbocycles. The highest BCUT2D eigenvalue weighted by Gasteiger charge is 2.62. The Morgan fingerprint density at radius 3 is 2.26 bits per heavy atom. The molecule has 2 aromatic heterocycles. The van der Waals surface area contributed by atoms with Crippen molar-refractivity contribution in [3.05, 3.63) is 56.3 Å². The maximum Gasteiger partial charge on any atom is 0.459 e. The zero-order chi connectivity index (χ0) is 23.2. The highest BCUT2D eigenvalue weighted by atomic mass is 35.5. The number of nitrogens with one attached hydrogen (secondary N) is 1. The Morgan fingerprint density at radius 2 is 1.71 bits per heavy atom. The molecule has 0 aliphatic carbocycles. The molecule has 0 spiro atoms. The summed E-state index contributed by atoms with van der Waals surface area (Å²) in [5.74, 6) is -8.91. The van der Waals surface area contributed by atoms with Crippen molar-refractivity contribution in [1.82, 2.24) is 14.3 Å². The molecule has 0 unspecified atom stereocenters. The number of rotatable bonds is 4. The molecule has 0 aliphatic rings. The maximum absolute atomic E-state index is 14.1. The first-order chi connectivity index (χ1) is 14.2. The first kappa shape index (κ1) is 22.9. The summed E-state index contributed by atoms with van der Waals surface area (Å²) in [4.78, 5) is 17.4. The molecule has 1 aromatic carbocycles. The van der Waals surface area contributed by atoms with Gasteiger partial charge in [0.15, 0.2) is 11.5 Å². The van der Waals surface area contributed by atoms with Gasteiger partial charge in [0, 0.05) is 5.38 Å². The van der Waals surface area contributed by atoms with E-state index in [1.165, 1.54) is 11.4 Å². The lowest BCUT2D eigenvalue weighted by molar-refractivity contribution is -0.291. The fourth-order valence-corrected chi connectivity index (χ4v) is 3.00. The number of benzene rings is 1. The maximum atomic E-state index is 14.1. The van der Waals surface area contributed by atoms with Crippen molar-refractivity contribution >= 4 is 23.1 Å². The number of ether oxygens (including phenoxy) is 1. The molecule has 0 aliphatic heterocycles. The largest absolute Gasteiger partial charge is 0.459 e. The van der Waals surface area contributed by atoms with Gasteiger partial charge in [-0.1, -0.05) is 11.6 Å². The van der Waals surface area contributed by atoms with Crippen molar-refractivity contribution in [1.29, 1.82) is 0 Å². The molecule has 2 heterocycles. The highest BCUT2D eigenvalue weighted by Crippen LogP contribution is 2.46. The van der Waals surface area contributed by atoms with Crippen molar-refractivity contribution < 1.29 is 39.9 Å². The molecule has 1 N–H and O–H groups in total. The summed E-state index contributed by atoms with van der Waals surface area (Å²) in [5, 5.41) is 0.555. The van der Waals surface area contributed by atoms with Gasteiger partial charge >= 0.3 is 18.3 Å². The molecular weight excluding hydrogens is 486 g/mol. The van der Waals surface area contributed by atoms with Crippen LogP contribution in [0.5, 0.6) is 11.5 Å². The molecule has 0 radical (unpaired) electrons. The van der Waals surface area contributed by atoms with E-state index in [4.69, 9.17) is 16.3 Å². The molecule has 0 bridgehead atoms. The Labute approximate surface area is 175 Å². The van der Waals surface area contributed by atoms with Crippen LogP contribution in [0.15, 0.2) is 34.4 Å². The molecule has 0 amide bonds. The molecule has 0 saturated heterocycles. The Kier molecular flexibility index (Phi) is 5.73. The number of hydrogen-bond donors (Lipinski definition) is 1. The van der Waals surface area contributed by atoms with E-state index in [0.717, 1.165) is 17.6 Å². The normalized spacial score (nSPS) is 12.8. The Bertz CT molecular complexity index is 1160. The van der Waals surface area contributed by atoms with Gasteiger partial charge in [-0.3, -0.25) is 4.79 Å².